The number of aromatic nitrogens is 1. The maximum Gasteiger partial charge on any atom is 0.433 e. The van der Waals surface area contributed by atoms with Crippen LogP contribution in [-0.4, -0.2) is 18.1 Å². The molecular formula is C11H10F3N3OS. The van der Waals surface area contributed by atoms with Crippen molar-refractivity contribution in [1.82, 2.24) is 10.3 Å². The highest BCUT2D eigenvalue weighted by Gasteiger charge is 2.32. The Hall–Kier alpha value is -1.83. The molecule has 0 saturated heterocycles. The summed E-state index contributed by atoms with van der Waals surface area (Å²) in [5, 5.41) is 6.02. The summed E-state index contributed by atoms with van der Waals surface area (Å²) in [7, 11) is 1.46. The molecule has 2 amide bonds. The highest BCUT2D eigenvalue weighted by molar-refractivity contribution is 7.22. The van der Waals surface area contributed by atoms with Crippen molar-refractivity contribution < 1.29 is 18.0 Å². The van der Waals surface area contributed by atoms with Gasteiger partial charge in [0.05, 0.1) is 0 Å². The molecule has 2 rings (SSSR count). The van der Waals surface area contributed by atoms with Crippen molar-refractivity contribution >= 4 is 32.6 Å². The number of alkyl halides is 3. The molecule has 0 aromatic carbocycles. The first-order valence-electron chi connectivity index (χ1n) is 5.29. The van der Waals surface area contributed by atoms with E-state index in [4.69, 9.17) is 0 Å². The zero-order valence-electron chi connectivity index (χ0n) is 10.1. The molecule has 0 aliphatic carbocycles. The number of amides is 2. The number of hydrogen-bond donors (Lipinski definition) is 2. The smallest absolute Gasteiger partial charge is 0.341 e. The van der Waals surface area contributed by atoms with Gasteiger partial charge in [-0.2, -0.15) is 13.2 Å². The monoisotopic (exact) mass is 289 g/mol. The van der Waals surface area contributed by atoms with Crippen LogP contribution in [0, 0.1) is 6.92 Å². The fourth-order valence-corrected chi connectivity index (χ4v) is 2.62. The lowest BCUT2D eigenvalue weighted by Crippen LogP contribution is -2.24. The fraction of sp³-hybridized carbons (Fsp3) is 0.273. The van der Waals surface area contributed by atoms with Gasteiger partial charge in [-0.05, 0) is 24.6 Å². The Labute approximate surface area is 110 Å². The first kappa shape index (κ1) is 13.6. The standard InChI is InChI=1S/C11H10F3N3OS/c1-5-6-3-4-7(11(12,13)14)16-9(6)19-8(5)17-10(18)15-2/h3-4H,1-2H3,(H2,15,17,18). The van der Waals surface area contributed by atoms with Crippen molar-refractivity contribution in [3.8, 4) is 0 Å². The summed E-state index contributed by atoms with van der Waals surface area (Å²) in [6.07, 6.45) is -4.47. The van der Waals surface area contributed by atoms with Crippen molar-refractivity contribution in [1.29, 1.82) is 0 Å². The second-order valence-electron chi connectivity index (χ2n) is 3.81. The van der Waals surface area contributed by atoms with E-state index in [9.17, 15) is 18.0 Å². The van der Waals surface area contributed by atoms with Gasteiger partial charge in [-0.1, -0.05) is 11.3 Å². The first-order chi connectivity index (χ1) is 8.82. The molecule has 2 aromatic heterocycles. The predicted molar refractivity (Wildman–Crippen MR) is 67.4 cm³/mol. The lowest BCUT2D eigenvalue weighted by atomic mass is 10.2. The highest BCUT2D eigenvalue weighted by atomic mass is 32.1. The zero-order chi connectivity index (χ0) is 14.2. The molecule has 0 aliphatic heterocycles. The number of rotatable bonds is 1. The summed E-state index contributed by atoms with van der Waals surface area (Å²) in [4.78, 5) is 15.1. The summed E-state index contributed by atoms with van der Waals surface area (Å²) in [6, 6.07) is 1.88. The molecule has 8 heteroatoms. The lowest BCUT2D eigenvalue weighted by molar-refractivity contribution is -0.140. The van der Waals surface area contributed by atoms with E-state index in [1.165, 1.54) is 13.1 Å². The number of fused-ring (bicyclic) bond motifs is 1. The van der Waals surface area contributed by atoms with Gasteiger partial charge >= 0.3 is 12.2 Å². The van der Waals surface area contributed by atoms with Gasteiger partial charge in [0.1, 0.15) is 15.5 Å². The van der Waals surface area contributed by atoms with Gasteiger partial charge in [-0.3, -0.25) is 5.32 Å². The summed E-state index contributed by atoms with van der Waals surface area (Å²) in [6.45, 7) is 1.72. The number of urea groups is 1. The van der Waals surface area contributed by atoms with Gasteiger partial charge < -0.3 is 5.32 Å². The number of thiophene rings is 1. The van der Waals surface area contributed by atoms with Crippen LogP contribution in [0.15, 0.2) is 12.1 Å². The second kappa shape index (κ2) is 4.69. The van der Waals surface area contributed by atoms with Crippen LogP contribution in [-0.2, 0) is 6.18 Å². The Morgan fingerprint density at radius 2 is 2.05 bits per heavy atom. The van der Waals surface area contributed by atoms with Crippen LogP contribution in [0.4, 0.5) is 23.0 Å². The lowest BCUT2D eigenvalue weighted by Gasteiger charge is -2.04. The Morgan fingerprint density at radius 1 is 1.37 bits per heavy atom. The number of nitrogens with one attached hydrogen (secondary N) is 2. The Balaban J connectivity index is 2.48. The van der Waals surface area contributed by atoms with Crippen molar-refractivity contribution in [2.75, 3.05) is 12.4 Å². The van der Waals surface area contributed by atoms with E-state index in [2.05, 4.69) is 15.6 Å². The average Bonchev–Trinajstić information content (AvgIpc) is 2.64. The Kier molecular flexibility index (Phi) is 3.36. The third kappa shape index (κ3) is 2.62. The molecule has 0 unspecified atom stereocenters. The minimum atomic E-state index is -4.47. The molecule has 0 aliphatic rings. The van der Waals surface area contributed by atoms with Crippen LogP contribution in [0.1, 0.15) is 11.3 Å². The second-order valence-corrected chi connectivity index (χ2v) is 4.81. The number of carbonyl (C=O) groups is 1. The molecule has 2 aromatic rings. The van der Waals surface area contributed by atoms with Gasteiger partial charge in [0, 0.05) is 12.4 Å². The van der Waals surface area contributed by atoms with Gasteiger partial charge in [0.15, 0.2) is 0 Å². The molecule has 0 bridgehead atoms. The molecular weight excluding hydrogens is 279 g/mol. The van der Waals surface area contributed by atoms with E-state index in [1.54, 1.807) is 6.92 Å². The number of pyridine rings is 1. The summed E-state index contributed by atoms with van der Waals surface area (Å²) in [5.41, 5.74) is -0.238. The Bertz CT molecular complexity index is 636. The van der Waals surface area contributed by atoms with Gasteiger partial charge in [0.2, 0.25) is 0 Å². The summed E-state index contributed by atoms with van der Waals surface area (Å²) >= 11 is 1.01. The molecule has 0 saturated carbocycles. The summed E-state index contributed by atoms with van der Waals surface area (Å²) in [5.74, 6) is 0. The zero-order valence-corrected chi connectivity index (χ0v) is 10.9. The van der Waals surface area contributed by atoms with Crippen molar-refractivity contribution in [2.45, 2.75) is 13.1 Å². The highest BCUT2D eigenvalue weighted by Crippen LogP contribution is 2.36. The van der Waals surface area contributed by atoms with Gasteiger partial charge in [-0.25, -0.2) is 9.78 Å². The predicted octanol–water partition coefficient (Wildman–Crippen LogP) is 3.37. The molecule has 0 atom stereocenters. The molecule has 102 valence electrons. The van der Waals surface area contributed by atoms with Gasteiger partial charge in [-0.15, -0.1) is 0 Å². The van der Waals surface area contributed by atoms with E-state index in [0.29, 0.717) is 16.0 Å². The number of anilines is 1. The van der Waals surface area contributed by atoms with Crippen LogP contribution >= 0.6 is 11.3 Å². The Morgan fingerprint density at radius 3 is 2.63 bits per heavy atom. The molecule has 2 heterocycles. The maximum atomic E-state index is 12.6. The van der Waals surface area contributed by atoms with Crippen LogP contribution in [0.5, 0.6) is 0 Å². The number of carbonyl (C=O) groups excluding carboxylic acids is 1. The largest absolute Gasteiger partial charge is 0.433 e. The van der Waals surface area contributed by atoms with Crippen LogP contribution in [0.2, 0.25) is 0 Å². The SMILES string of the molecule is CNC(=O)Nc1sc2nc(C(F)(F)F)ccc2c1C. The van der Waals surface area contributed by atoms with Crippen LogP contribution < -0.4 is 10.6 Å². The molecule has 19 heavy (non-hydrogen) atoms. The van der Waals surface area contributed by atoms with Crippen molar-refractivity contribution in [2.24, 2.45) is 0 Å². The minimum Gasteiger partial charge on any atom is -0.341 e. The third-order valence-corrected chi connectivity index (χ3v) is 3.67. The van der Waals surface area contributed by atoms with E-state index < -0.39 is 17.9 Å². The van der Waals surface area contributed by atoms with Crippen molar-refractivity contribution in [3.63, 3.8) is 0 Å². The molecule has 2 N–H and O–H groups in total. The first-order valence-corrected chi connectivity index (χ1v) is 6.10. The van der Waals surface area contributed by atoms with E-state index >= 15 is 0 Å². The molecule has 4 nitrogen and oxygen atoms in total. The fourth-order valence-electron chi connectivity index (χ4n) is 1.54. The molecule has 0 radical (unpaired) electrons. The van der Waals surface area contributed by atoms with E-state index in [1.807, 2.05) is 0 Å². The van der Waals surface area contributed by atoms with Crippen LogP contribution in [0.25, 0.3) is 10.2 Å². The van der Waals surface area contributed by atoms with Crippen LogP contribution in [0.3, 0.4) is 0 Å². The van der Waals surface area contributed by atoms with Gasteiger partial charge in [0.25, 0.3) is 0 Å². The average molecular weight is 289 g/mol. The normalized spacial score (nSPS) is 11.6. The maximum absolute atomic E-state index is 12.6. The topological polar surface area (TPSA) is 54.0 Å². The summed E-state index contributed by atoms with van der Waals surface area (Å²) < 4.78 is 37.7. The van der Waals surface area contributed by atoms with E-state index in [0.717, 1.165) is 17.4 Å². The molecule has 0 fully saturated rings. The number of aryl methyl sites for hydroxylation is 1. The minimum absolute atomic E-state index is 0.249. The van der Waals surface area contributed by atoms with Crippen molar-refractivity contribution in [3.05, 3.63) is 23.4 Å². The third-order valence-electron chi connectivity index (χ3n) is 2.55. The van der Waals surface area contributed by atoms with E-state index in [-0.39, 0.29) is 4.83 Å². The number of halogens is 3. The molecule has 0 spiro atoms. The number of hydrogen-bond acceptors (Lipinski definition) is 3. The number of nitrogens with zero attached hydrogens (tertiary/aromatic N) is 1. The quantitative estimate of drug-likeness (QED) is 0.845.